The fourth-order valence-electron chi connectivity index (χ4n) is 3.23. The number of aryl methyl sites for hydroxylation is 2. The predicted octanol–water partition coefficient (Wildman–Crippen LogP) is 3.76. The van der Waals surface area contributed by atoms with Gasteiger partial charge in [-0.15, -0.1) is 0 Å². The second kappa shape index (κ2) is 8.67. The maximum absolute atomic E-state index is 12.7. The summed E-state index contributed by atoms with van der Waals surface area (Å²) in [5, 5.41) is 3.55. The van der Waals surface area contributed by atoms with E-state index >= 15 is 0 Å². The Balaban J connectivity index is 1.75. The first-order valence-electron chi connectivity index (χ1n) is 8.97. The van der Waals surface area contributed by atoms with Gasteiger partial charge in [0.25, 0.3) is 5.91 Å². The number of carbonyl (C=O) groups excluding carboxylic acids is 1. The van der Waals surface area contributed by atoms with Crippen LogP contribution in [0.5, 0.6) is 0 Å². The minimum absolute atomic E-state index is 0.118. The lowest BCUT2D eigenvalue weighted by molar-refractivity contribution is 0.0162. The monoisotopic (exact) mass is 372 g/mol. The first-order valence-corrected chi connectivity index (χ1v) is 9.35. The Kier molecular flexibility index (Phi) is 6.30. The fraction of sp³-hybridized carbons (Fsp3) is 0.381. The number of hydrogen-bond acceptors (Lipinski definition) is 3. The van der Waals surface area contributed by atoms with Crippen molar-refractivity contribution in [3.05, 3.63) is 69.7 Å². The van der Waals surface area contributed by atoms with Crippen molar-refractivity contribution in [3.63, 3.8) is 0 Å². The first kappa shape index (κ1) is 18.9. The maximum atomic E-state index is 12.7. The molecule has 1 aliphatic heterocycles. The van der Waals surface area contributed by atoms with E-state index in [2.05, 4.69) is 41.4 Å². The van der Waals surface area contributed by atoms with Crippen LogP contribution in [0.4, 0.5) is 0 Å². The summed E-state index contributed by atoms with van der Waals surface area (Å²) in [5.74, 6) is -0.135. The van der Waals surface area contributed by atoms with Gasteiger partial charge >= 0.3 is 0 Å². The summed E-state index contributed by atoms with van der Waals surface area (Å²) >= 11 is 6.20. The standard InChI is InChI=1S/C21H25ClN2O2/c1-15-3-6-17(7-4-15)20(24-9-11-26-12-10-24)14-23-21(25)18-13-16(2)5-8-19(18)22/h3-8,13,20H,9-12,14H2,1-2H3,(H,23,25). The molecule has 1 aliphatic rings. The van der Waals surface area contributed by atoms with E-state index in [4.69, 9.17) is 16.3 Å². The Morgan fingerprint density at radius 2 is 1.77 bits per heavy atom. The highest BCUT2D eigenvalue weighted by atomic mass is 35.5. The molecule has 1 atom stereocenters. The highest BCUT2D eigenvalue weighted by Crippen LogP contribution is 2.23. The number of morpholine rings is 1. The third-order valence-electron chi connectivity index (χ3n) is 4.77. The first-order chi connectivity index (χ1) is 12.5. The normalized spacial score (nSPS) is 16.3. The highest BCUT2D eigenvalue weighted by molar-refractivity contribution is 6.33. The van der Waals surface area contributed by atoms with E-state index in [0.717, 1.165) is 31.9 Å². The predicted molar refractivity (Wildman–Crippen MR) is 105 cm³/mol. The Hall–Kier alpha value is -1.88. The molecule has 0 aliphatic carbocycles. The molecule has 1 unspecified atom stereocenters. The zero-order chi connectivity index (χ0) is 18.5. The van der Waals surface area contributed by atoms with Crippen LogP contribution in [0.25, 0.3) is 0 Å². The lowest BCUT2D eigenvalue weighted by Gasteiger charge is -2.35. The molecule has 1 saturated heterocycles. The van der Waals surface area contributed by atoms with Gasteiger partial charge < -0.3 is 10.1 Å². The summed E-state index contributed by atoms with van der Waals surface area (Å²) in [6.45, 7) is 7.73. The third kappa shape index (κ3) is 4.64. The lowest BCUT2D eigenvalue weighted by atomic mass is 10.0. The molecule has 0 spiro atoms. The zero-order valence-electron chi connectivity index (χ0n) is 15.3. The molecular weight excluding hydrogens is 348 g/mol. The smallest absolute Gasteiger partial charge is 0.252 e. The van der Waals surface area contributed by atoms with Gasteiger partial charge in [-0.1, -0.05) is 53.1 Å². The van der Waals surface area contributed by atoms with Gasteiger partial charge in [-0.05, 0) is 31.5 Å². The molecule has 26 heavy (non-hydrogen) atoms. The quantitative estimate of drug-likeness (QED) is 0.868. The van der Waals surface area contributed by atoms with Crippen LogP contribution >= 0.6 is 11.6 Å². The van der Waals surface area contributed by atoms with Crippen LogP contribution < -0.4 is 5.32 Å². The van der Waals surface area contributed by atoms with E-state index in [9.17, 15) is 4.79 Å². The molecule has 4 nitrogen and oxygen atoms in total. The molecule has 2 aromatic carbocycles. The van der Waals surface area contributed by atoms with E-state index in [1.54, 1.807) is 6.07 Å². The van der Waals surface area contributed by atoms with E-state index in [1.165, 1.54) is 11.1 Å². The van der Waals surface area contributed by atoms with Crippen LogP contribution in [0, 0.1) is 13.8 Å². The third-order valence-corrected chi connectivity index (χ3v) is 5.10. The van der Waals surface area contributed by atoms with Crippen molar-refractivity contribution in [1.82, 2.24) is 10.2 Å². The summed E-state index contributed by atoms with van der Waals surface area (Å²) in [7, 11) is 0. The fourth-order valence-corrected chi connectivity index (χ4v) is 3.44. The molecule has 1 amide bonds. The van der Waals surface area contributed by atoms with Gasteiger partial charge in [0.15, 0.2) is 0 Å². The second-order valence-electron chi connectivity index (χ2n) is 6.77. The van der Waals surface area contributed by atoms with Gasteiger partial charge in [0.1, 0.15) is 0 Å². The van der Waals surface area contributed by atoms with Crippen LogP contribution in [-0.2, 0) is 4.74 Å². The van der Waals surface area contributed by atoms with E-state index in [0.29, 0.717) is 17.1 Å². The van der Waals surface area contributed by atoms with E-state index in [-0.39, 0.29) is 11.9 Å². The van der Waals surface area contributed by atoms with Crippen molar-refractivity contribution >= 4 is 17.5 Å². The van der Waals surface area contributed by atoms with Crippen LogP contribution in [0.3, 0.4) is 0 Å². The lowest BCUT2D eigenvalue weighted by Crippen LogP contribution is -2.43. The summed E-state index contributed by atoms with van der Waals surface area (Å²) in [5.41, 5.74) is 3.97. The number of carbonyl (C=O) groups is 1. The Morgan fingerprint density at radius 1 is 1.12 bits per heavy atom. The van der Waals surface area contributed by atoms with Gasteiger partial charge in [0, 0.05) is 19.6 Å². The number of ether oxygens (including phenoxy) is 1. The van der Waals surface area contributed by atoms with Gasteiger partial charge in [-0.2, -0.15) is 0 Å². The molecule has 138 valence electrons. The number of nitrogens with zero attached hydrogens (tertiary/aromatic N) is 1. The molecule has 0 aromatic heterocycles. The van der Waals surface area contributed by atoms with Gasteiger partial charge in [-0.3, -0.25) is 9.69 Å². The number of amides is 1. The molecule has 1 N–H and O–H groups in total. The van der Waals surface area contributed by atoms with E-state index in [1.807, 2.05) is 19.1 Å². The van der Waals surface area contributed by atoms with Gasteiger partial charge in [-0.25, -0.2) is 0 Å². The zero-order valence-corrected chi connectivity index (χ0v) is 16.1. The summed E-state index contributed by atoms with van der Waals surface area (Å²) in [6, 6.07) is 14.1. The molecule has 1 heterocycles. The van der Waals surface area contributed by atoms with Gasteiger partial charge in [0.05, 0.1) is 29.8 Å². The van der Waals surface area contributed by atoms with Crippen molar-refractivity contribution < 1.29 is 9.53 Å². The van der Waals surface area contributed by atoms with Crippen molar-refractivity contribution in [1.29, 1.82) is 0 Å². The minimum atomic E-state index is -0.135. The minimum Gasteiger partial charge on any atom is -0.379 e. The number of nitrogens with one attached hydrogen (secondary N) is 1. The van der Waals surface area contributed by atoms with Crippen LogP contribution in [0.15, 0.2) is 42.5 Å². The van der Waals surface area contributed by atoms with Crippen molar-refractivity contribution in [2.45, 2.75) is 19.9 Å². The Morgan fingerprint density at radius 3 is 2.46 bits per heavy atom. The molecule has 0 radical (unpaired) electrons. The number of hydrogen-bond donors (Lipinski definition) is 1. The van der Waals surface area contributed by atoms with Crippen molar-refractivity contribution in [2.24, 2.45) is 0 Å². The Bertz CT molecular complexity index is 755. The molecule has 0 bridgehead atoms. The molecular formula is C21H25ClN2O2. The molecule has 3 rings (SSSR count). The number of benzene rings is 2. The van der Waals surface area contributed by atoms with E-state index < -0.39 is 0 Å². The molecule has 1 fully saturated rings. The van der Waals surface area contributed by atoms with Crippen molar-refractivity contribution in [2.75, 3.05) is 32.8 Å². The van der Waals surface area contributed by atoms with Crippen LogP contribution in [0.2, 0.25) is 5.02 Å². The number of rotatable bonds is 5. The summed E-state index contributed by atoms with van der Waals surface area (Å²) in [6.07, 6.45) is 0. The average molecular weight is 373 g/mol. The van der Waals surface area contributed by atoms with Crippen molar-refractivity contribution in [3.8, 4) is 0 Å². The summed E-state index contributed by atoms with van der Waals surface area (Å²) < 4.78 is 5.48. The molecule has 5 heteroatoms. The molecule has 2 aromatic rings. The Labute approximate surface area is 160 Å². The topological polar surface area (TPSA) is 41.6 Å². The number of halogens is 1. The van der Waals surface area contributed by atoms with Crippen LogP contribution in [0.1, 0.15) is 33.1 Å². The highest BCUT2D eigenvalue weighted by Gasteiger charge is 2.23. The van der Waals surface area contributed by atoms with Gasteiger partial charge in [0.2, 0.25) is 0 Å². The molecule has 0 saturated carbocycles. The SMILES string of the molecule is Cc1ccc(C(CNC(=O)c2cc(C)ccc2Cl)N2CCOCC2)cc1. The van der Waals surface area contributed by atoms with Crippen LogP contribution in [-0.4, -0.2) is 43.7 Å². The second-order valence-corrected chi connectivity index (χ2v) is 7.18. The largest absolute Gasteiger partial charge is 0.379 e. The summed E-state index contributed by atoms with van der Waals surface area (Å²) in [4.78, 5) is 15.0. The average Bonchev–Trinajstić information content (AvgIpc) is 2.66. The maximum Gasteiger partial charge on any atom is 0.252 e.